The van der Waals surface area contributed by atoms with Gasteiger partial charge in [-0.1, -0.05) is 18.2 Å². The molecule has 0 bridgehead atoms. The predicted octanol–water partition coefficient (Wildman–Crippen LogP) is 2.74. The first-order valence-corrected chi connectivity index (χ1v) is 7.59. The minimum Gasteiger partial charge on any atom is -0.494 e. The van der Waals surface area contributed by atoms with Crippen LogP contribution in [-0.4, -0.2) is 31.2 Å². The Balaban J connectivity index is 1.63. The van der Waals surface area contributed by atoms with Crippen molar-refractivity contribution in [2.75, 3.05) is 25.6 Å². The van der Waals surface area contributed by atoms with Crippen molar-refractivity contribution in [3.8, 4) is 5.75 Å². The maximum absolute atomic E-state index is 11.1. The van der Waals surface area contributed by atoms with Gasteiger partial charge in [-0.25, -0.2) is 4.98 Å². The molecule has 6 heteroatoms. The monoisotopic (exact) mass is 306 g/mol. The highest BCUT2D eigenvalue weighted by atomic mass is 32.1. The van der Waals surface area contributed by atoms with Crippen molar-refractivity contribution < 1.29 is 14.3 Å². The molecular weight excluding hydrogens is 288 g/mol. The van der Waals surface area contributed by atoms with Gasteiger partial charge in [0.1, 0.15) is 5.75 Å². The zero-order chi connectivity index (χ0) is 14.9. The number of methoxy groups -OCH3 is 1. The molecule has 0 spiro atoms. The van der Waals surface area contributed by atoms with E-state index in [0.717, 1.165) is 29.5 Å². The van der Waals surface area contributed by atoms with Crippen molar-refractivity contribution in [3.05, 3.63) is 41.4 Å². The second-order valence-electron chi connectivity index (χ2n) is 4.34. The van der Waals surface area contributed by atoms with Gasteiger partial charge in [0.2, 0.25) is 0 Å². The van der Waals surface area contributed by atoms with E-state index in [-0.39, 0.29) is 12.4 Å². The van der Waals surface area contributed by atoms with Crippen LogP contribution in [0.4, 0.5) is 5.13 Å². The zero-order valence-corrected chi connectivity index (χ0v) is 12.7. The number of benzene rings is 1. The molecule has 0 amide bonds. The molecule has 0 radical (unpaired) electrons. The van der Waals surface area contributed by atoms with Crippen molar-refractivity contribution in [2.45, 2.75) is 12.8 Å². The number of para-hydroxylation sites is 1. The Kier molecular flexibility index (Phi) is 6.02. The van der Waals surface area contributed by atoms with Gasteiger partial charge in [0.05, 0.1) is 25.8 Å². The summed E-state index contributed by atoms with van der Waals surface area (Å²) < 4.78 is 10.2. The van der Waals surface area contributed by atoms with E-state index in [1.807, 2.05) is 35.7 Å². The fourth-order valence-electron chi connectivity index (χ4n) is 1.66. The quantitative estimate of drug-likeness (QED) is 0.600. The van der Waals surface area contributed by atoms with E-state index < -0.39 is 0 Å². The Labute approximate surface area is 127 Å². The number of nitrogens with one attached hydrogen (secondary N) is 1. The molecule has 21 heavy (non-hydrogen) atoms. The minimum atomic E-state index is -0.275. The Morgan fingerprint density at radius 2 is 2.14 bits per heavy atom. The highest BCUT2D eigenvalue weighted by Crippen LogP contribution is 2.16. The molecule has 1 heterocycles. The number of hydrogen-bond donors (Lipinski definition) is 1. The molecule has 112 valence electrons. The van der Waals surface area contributed by atoms with Crippen LogP contribution in [0.5, 0.6) is 5.75 Å². The summed E-state index contributed by atoms with van der Waals surface area (Å²) in [4.78, 5) is 15.4. The molecule has 0 saturated heterocycles. The molecule has 2 aromatic rings. The number of esters is 1. The lowest BCUT2D eigenvalue weighted by Crippen LogP contribution is -2.08. The summed E-state index contributed by atoms with van der Waals surface area (Å²) in [5.74, 6) is 0.607. The number of hydrogen-bond acceptors (Lipinski definition) is 6. The molecule has 0 fully saturated rings. The number of aromatic nitrogens is 1. The normalized spacial score (nSPS) is 10.1. The van der Waals surface area contributed by atoms with Crippen LogP contribution in [-0.2, 0) is 16.0 Å². The van der Waals surface area contributed by atoms with E-state index in [4.69, 9.17) is 4.74 Å². The van der Waals surface area contributed by atoms with Crippen LogP contribution in [0.2, 0.25) is 0 Å². The van der Waals surface area contributed by atoms with Crippen molar-refractivity contribution in [2.24, 2.45) is 0 Å². The molecule has 1 N–H and O–H groups in total. The lowest BCUT2D eigenvalue weighted by atomic mass is 10.3. The molecule has 0 atom stereocenters. The van der Waals surface area contributed by atoms with Gasteiger partial charge in [-0.15, -0.1) is 11.3 Å². The Bertz CT molecular complexity index is 557. The van der Waals surface area contributed by atoms with E-state index >= 15 is 0 Å². The molecule has 0 aliphatic rings. The molecule has 0 unspecified atom stereocenters. The van der Waals surface area contributed by atoms with E-state index in [0.29, 0.717) is 6.61 Å². The highest BCUT2D eigenvalue weighted by molar-refractivity contribution is 7.13. The van der Waals surface area contributed by atoms with Gasteiger partial charge in [0.25, 0.3) is 0 Å². The van der Waals surface area contributed by atoms with Crippen LogP contribution in [0.25, 0.3) is 0 Å². The van der Waals surface area contributed by atoms with Crippen LogP contribution in [0.15, 0.2) is 35.7 Å². The summed E-state index contributed by atoms with van der Waals surface area (Å²) in [5, 5.41) is 5.89. The van der Waals surface area contributed by atoms with Crippen LogP contribution in [0.3, 0.4) is 0 Å². The third kappa shape index (κ3) is 5.43. The number of nitrogens with zero attached hydrogens (tertiary/aromatic N) is 1. The van der Waals surface area contributed by atoms with Gasteiger partial charge in [0.15, 0.2) is 5.13 Å². The van der Waals surface area contributed by atoms with Crippen molar-refractivity contribution in [1.29, 1.82) is 0 Å². The van der Waals surface area contributed by atoms with Gasteiger partial charge in [-0.2, -0.15) is 0 Å². The summed E-state index contributed by atoms with van der Waals surface area (Å²) >= 11 is 1.49. The molecule has 0 aliphatic carbocycles. The fourth-order valence-corrected chi connectivity index (χ4v) is 2.40. The number of carbonyl (C=O) groups excluding carboxylic acids is 1. The Hall–Kier alpha value is -2.08. The van der Waals surface area contributed by atoms with E-state index in [2.05, 4.69) is 15.0 Å². The Morgan fingerprint density at radius 3 is 2.90 bits per heavy atom. The number of thiazole rings is 1. The summed E-state index contributed by atoms with van der Waals surface area (Å²) in [6, 6.07) is 9.74. The molecule has 5 nitrogen and oxygen atoms in total. The van der Waals surface area contributed by atoms with Crippen LogP contribution in [0.1, 0.15) is 12.1 Å². The number of rotatable bonds is 8. The fraction of sp³-hybridized carbons (Fsp3) is 0.333. The predicted molar refractivity (Wildman–Crippen MR) is 82.9 cm³/mol. The zero-order valence-electron chi connectivity index (χ0n) is 11.9. The lowest BCUT2D eigenvalue weighted by Gasteiger charge is -2.06. The number of carbonyl (C=O) groups is 1. The van der Waals surface area contributed by atoms with E-state index in [1.54, 1.807) is 0 Å². The smallest absolute Gasteiger partial charge is 0.311 e. The molecule has 0 aliphatic heterocycles. The Morgan fingerprint density at radius 1 is 1.33 bits per heavy atom. The summed E-state index contributed by atoms with van der Waals surface area (Å²) in [6.07, 6.45) is 1.09. The maximum atomic E-state index is 11.1. The average molecular weight is 306 g/mol. The van der Waals surface area contributed by atoms with Gasteiger partial charge in [-0.3, -0.25) is 4.79 Å². The molecule has 0 saturated carbocycles. The second-order valence-corrected chi connectivity index (χ2v) is 5.20. The van der Waals surface area contributed by atoms with Crippen molar-refractivity contribution >= 4 is 22.4 Å². The minimum absolute atomic E-state index is 0.214. The third-order valence-corrected chi connectivity index (χ3v) is 3.56. The summed E-state index contributed by atoms with van der Waals surface area (Å²) in [5.41, 5.74) is 0.731. The van der Waals surface area contributed by atoms with Gasteiger partial charge in [0, 0.05) is 11.9 Å². The van der Waals surface area contributed by atoms with Crippen molar-refractivity contribution in [3.63, 3.8) is 0 Å². The molecule has 1 aromatic carbocycles. The SMILES string of the molecule is COC(=O)Cc1csc(NCCCOc2ccccc2)n1. The topological polar surface area (TPSA) is 60.5 Å². The van der Waals surface area contributed by atoms with Gasteiger partial charge in [-0.05, 0) is 18.6 Å². The summed E-state index contributed by atoms with van der Waals surface area (Å²) in [6.45, 7) is 1.43. The van der Waals surface area contributed by atoms with Crippen LogP contribution in [0, 0.1) is 0 Å². The number of anilines is 1. The van der Waals surface area contributed by atoms with Crippen LogP contribution >= 0.6 is 11.3 Å². The van der Waals surface area contributed by atoms with E-state index in [9.17, 15) is 4.79 Å². The largest absolute Gasteiger partial charge is 0.494 e. The molecule has 1 aromatic heterocycles. The maximum Gasteiger partial charge on any atom is 0.311 e. The second kappa shape index (κ2) is 8.26. The lowest BCUT2D eigenvalue weighted by molar-refractivity contribution is -0.139. The van der Waals surface area contributed by atoms with Crippen LogP contribution < -0.4 is 10.1 Å². The van der Waals surface area contributed by atoms with Gasteiger partial charge >= 0.3 is 5.97 Å². The highest BCUT2D eigenvalue weighted by Gasteiger charge is 2.07. The van der Waals surface area contributed by atoms with Gasteiger partial charge < -0.3 is 14.8 Å². The molecule has 2 rings (SSSR count). The third-order valence-electron chi connectivity index (χ3n) is 2.71. The standard InChI is InChI=1S/C15H18N2O3S/c1-19-14(18)10-12-11-21-15(17-12)16-8-5-9-20-13-6-3-2-4-7-13/h2-4,6-7,11H,5,8-10H2,1H3,(H,16,17). The molecular formula is C15H18N2O3S. The first kappa shape index (κ1) is 15.3. The first-order chi connectivity index (χ1) is 10.3. The first-order valence-electron chi connectivity index (χ1n) is 6.71. The summed E-state index contributed by atoms with van der Waals surface area (Å²) in [7, 11) is 1.38. The average Bonchev–Trinajstić information content (AvgIpc) is 2.95. The van der Waals surface area contributed by atoms with Crippen molar-refractivity contribution in [1.82, 2.24) is 4.98 Å². The number of ether oxygens (including phenoxy) is 2. The van der Waals surface area contributed by atoms with E-state index in [1.165, 1.54) is 18.4 Å².